The second-order valence-corrected chi connectivity index (χ2v) is 10.4. The van der Waals surface area contributed by atoms with Crippen LogP contribution in [0.5, 0.6) is 0 Å². The van der Waals surface area contributed by atoms with Crippen LogP contribution in [0.2, 0.25) is 0 Å². The quantitative estimate of drug-likeness (QED) is 0.360. The molecule has 2 amide bonds. The van der Waals surface area contributed by atoms with Gasteiger partial charge in [0, 0.05) is 17.6 Å². The molecule has 0 radical (unpaired) electrons. The van der Waals surface area contributed by atoms with Gasteiger partial charge < -0.3 is 15.2 Å². The van der Waals surface area contributed by atoms with Gasteiger partial charge in [0.15, 0.2) is 0 Å². The molecule has 3 N–H and O–H groups in total. The number of rotatable bonds is 11. The van der Waals surface area contributed by atoms with Crippen molar-refractivity contribution in [2.45, 2.75) is 46.2 Å². The summed E-state index contributed by atoms with van der Waals surface area (Å²) in [5.74, 6) is -1.91. The van der Waals surface area contributed by atoms with E-state index in [9.17, 15) is 19.5 Å². The van der Waals surface area contributed by atoms with Crippen LogP contribution in [0.25, 0.3) is 0 Å². The number of alkyl carbamates (subject to hydrolysis) is 1. The first-order chi connectivity index (χ1) is 16.5. The van der Waals surface area contributed by atoms with Crippen LogP contribution in [0.4, 0.5) is 4.79 Å². The Morgan fingerprint density at radius 2 is 1.66 bits per heavy atom. The SMILES string of the molecule is COC(=O)N[C@H](C(=O)NN(CCC(Cc1ccccc1)C(=O)O)Cc1ccc(Br)cc1)C(C)(C)C. The molecule has 0 saturated carbocycles. The zero-order chi connectivity index (χ0) is 26.0. The third-order valence-electron chi connectivity index (χ3n) is 5.55. The number of carbonyl (C=O) groups is 3. The van der Waals surface area contributed by atoms with Gasteiger partial charge in [-0.15, -0.1) is 0 Å². The van der Waals surface area contributed by atoms with Gasteiger partial charge in [-0.25, -0.2) is 9.80 Å². The highest BCUT2D eigenvalue weighted by atomic mass is 79.9. The number of hydrogen-bond acceptors (Lipinski definition) is 5. The van der Waals surface area contributed by atoms with Crippen LogP contribution >= 0.6 is 15.9 Å². The van der Waals surface area contributed by atoms with Crippen molar-refractivity contribution in [1.82, 2.24) is 15.8 Å². The molecule has 0 bridgehead atoms. The molecule has 2 aromatic rings. The molecular formula is C26H34BrN3O5. The zero-order valence-corrected chi connectivity index (χ0v) is 22.2. The van der Waals surface area contributed by atoms with Crippen LogP contribution in [0.15, 0.2) is 59.1 Å². The molecule has 0 spiro atoms. The van der Waals surface area contributed by atoms with Crippen LogP contribution < -0.4 is 10.7 Å². The third kappa shape index (κ3) is 9.70. The highest BCUT2D eigenvalue weighted by molar-refractivity contribution is 9.10. The van der Waals surface area contributed by atoms with Gasteiger partial charge >= 0.3 is 12.1 Å². The van der Waals surface area contributed by atoms with E-state index in [4.69, 9.17) is 0 Å². The molecule has 1 unspecified atom stereocenters. The largest absolute Gasteiger partial charge is 0.481 e. The lowest BCUT2D eigenvalue weighted by molar-refractivity contribution is -0.142. The van der Waals surface area contributed by atoms with E-state index in [2.05, 4.69) is 31.4 Å². The Morgan fingerprint density at radius 1 is 1.03 bits per heavy atom. The minimum Gasteiger partial charge on any atom is -0.481 e. The monoisotopic (exact) mass is 547 g/mol. The topological polar surface area (TPSA) is 108 Å². The molecule has 0 saturated heterocycles. The molecule has 0 aliphatic carbocycles. The van der Waals surface area contributed by atoms with Crippen molar-refractivity contribution in [2.75, 3.05) is 13.7 Å². The summed E-state index contributed by atoms with van der Waals surface area (Å²) in [6, 6.07) is 16.3. The van der Waals surface area contributed by atoms with Crippen molar-refractivity contribution in [3.63, 3.8) is 0 Å². The maximum absolute atomic E-state index is 13.2. The van der Waals surface area contributed by atoms with Crippen LogP contribution in [-0.2, 0) is 27.3 Å². The number of nitrogens with one attached hydrogen (secondary N) is 2. The lowest BCUT2D eigenvalue weighted by atomic mass is 9.86. The fraction of sp³-hybridized carbons (Fsp3) is 0.423. The number of nitrogens with zero attached hydrogens (tertiary/aromatic N) is 1. The first-order valence-electron chi connectivity index (χ1n) is 11.4. The fourth-order valence-corrected chi connectivity index (χ4v) is 3.84. The van der Waals surface area contributed by atoms with E-state index >= 15 is 0 Å². The van der Waals surface area contributed by atoms with Crippen molar-refractivity contribution in [2.24, 2.45) is 11.3 Å². The lowest BCUT2D eigenvalue weighted by Gasteiger charge is -2.33. The van der Waals surface area contributed by atoms with E-state index in [1.54, 1.807) is 5.01 Å². The molecule has 0 heterocycles. The van der Waals surface area contributed by atoms with Crippen molar-refractivity contribution in [3.05, 3.63) is 70.2 Å². The molecule has 2 aromatic carbocycles. The maximum Gasteiger partial charge on any atom is 0.407 e. The molecule has 0 aromatic heterocycles. The molecule has 35 heavy (non-hydrogen) atoms. The summed E-state index contributed by atoms with van der Waals surface area (Å²) in [5.41, 5.74) is 4.19. The third-order valence-corrected chi connectivity index (χ3v) is 6.08. The van der Waals surface area contributed by atoms with Crippen molar-refractivity contribution >= 4 is 33.9 Å². The second-order valence-electron chi connectivity index (χ2n) is 9.47. The summed E-state index contributed by atoms with van der Waals surface area (Å²) < 4.78 is 5.62. The van der Waals surface area contributed by atoms with Crippen molar-refractivity contribution in [3.8, 4) is 0 Å². The highest BCUT2D eigenvalue weighted by Crippen LogP contribution is 2.21. The summed E-state index contributed by atoms with van der Waals surface area (Å²) in [6.45, 7) is 6.19. The number of amides is 2. The molecule has 9 heteroatoms. The van der Waals surface area contributed by atoms with E-state index in [0.29, 0.717) is 25.9 Å². The summed E-state index contributed by atoms with van der Waals surface area (Å²) in [7, 11) is 1.24. The number of ether oxygens (including phenoxy) is 1. The van der Waals surface area contributed by atoms with Crippen LogP contribution in [0.3, 0.4) is 0 Å². The molecular weight excluding hydrogens is 514 g/mol. The van der Waals surface area contributed by atoms with Gasteiger partial charge in [-0.1, -0.05) is 79.2 Å². The first kappa shape index (κ1) is 28.3. The van der Waals surface area contributed by atoms with Crippen LogP contribution in [0.1, 0.15) is 38.3 Å². The van der Waals surface area contributed by atoms with Gasteiger partial charge in [0.1, 0.15) is 6.04 Å². The molecule has 0 aliphatic heterocycles. The number of aliphatic carboxylic acids is 1. The van der Waals surface area contributed by atoms with E-state index in [0.717, 1.165) is 15.6 Å². The standard InChI is InChI=1S/C26H34BrN3O5/c1-26(2,3)22(28-25(34)35-4)23(31)29-30(17-19-10-12-21(27)13-11-19)15-14-20(24(32)33)16-18-8-6-5-7-9-18/h5-13,20,22H,14-17H2,1-4H3,(H,28,34)(H,29,31)(H,32,33)/t20?,22-/m1/s1. The Morgan fingerprint density at radius 3 is 2.20 bits per heavy atom. The minimum atomic E-state index is -0.885. The van der Waals surface area contributed by atoms with Gasteiger partial charge in [0.25, 0.3) is 5.91 Å². The van der Waals surface area contributed by atoms with Gasteiger partial charge in [-0.05, 0) is 41.5 Å². The van der Waals surface area contributed by atoms with Gasteiger partial charge in [-0.3, -0.25) is 15.0 Å². The smallest absolute Gasteiger partial charge is 0.407 e. The summed E-state index contributed by atoms with van der Waals surface area (Å²) in [6.07, 6.45) is 0.0180. The Bertz CT molecular complexity index is 977. The summed E-state index contributed by atoms with van der Waals surface area (Å²) >= 11 is 3.42. The van der Waals surface area contributed by atoms with E-state index in [1.807, 2.05) is 75.4 Å². The summed E-state index contributed by atoms with van der Waals surface area (Å²) in [4.78, 5) is 37.0. The Balaban J connectivity index is 2.19. The molecule has 0 aliphatic rings. The number of benzene rings is 2. The number of methoxy groups -OCH3 is 1. The van der Waals surface area contributed by atoms with Gasteiger partial charge in [0.2, 0.25) is 0 Å². The minimum absolute atomic E-state index is 0.306. The average molecular weight is 548 g/mol. The first-order valence-corrected chi connectivity index (χ1v) is 12.2. The molecule has 2 rings (SSSR count). The van der Waals surface area contributed by atoms with Crippen molar-refractivity contribution < 1.29 is 24.2 Å². The normalized spacial score (nSPS) is 13.1. The van der Waals surface area contributed by atoms with Gasteiger partial charge in [0.05, 0.1) is 13.0 Å². The highest BCUT2D eigenvalue weighted by Gasteiger charge is 2.34. The van der Waals surface area contributed by atoms with Crippen molar-refractivity contribution in [1.29, 1.82) is 0 Å². The van der Waals surface area contributed by atoms with Gasteiger partial charge in [-0.2, -0.15) is 0 Å². The number of carboxylic acids is 1. The Labute approximate surface area is 215 Å². The number of halogens is 1. The number of carbonyl (C=O) groups excluding carboxylic acids is 2. The number of hydrazine groups is 1. The predicted octanol–water partition coefficient (Wildman–Crippen LogP) is 4.39. The van der Waals surface area contributed by atoms with E-state index in [-0.39, 0.29) is 0 Å². The second kappa shape index (κ2) is 13.3. The lowest BCUT2D eigenvalue weighted by Crippen LogP contribution is -2.57. The molecule has 0 fully saturated rings. The van der Waals surface area contributed by atoms with Crippen LogP contribution in [-0.4, -0.2) is 47.8 Å². The number of carboxylic acid groups (broad SMARTS) is 1. The Hall–Kier alpha value is -2.91. The van der Waals surface area contributed by atoms with Crippen LogP contribution in [0, 0.1) is 11.3 Å². The van der Waals surface area contributed by atoms with E-state index in [1.165, 1.54) is 7.11 Å². The fourth-order valence-electron chi connectivity index (χ4n) is 3.58. The molecule has 2 atom stereocenters. The number of hydrogen-bond donors (Lipinski definition) is 3. The maximum atomic E-state index is 13.2. The Kier molecular flexibility index (Phi) is 10.7. The zero-order valence-electron chi connectivity index (χ0n) is 20.6. The summed E-state index contributed by atoms with van der Waals surface area (Å²) in [5, 5.41) is 14.1. The molecule has 8 nitrogen and oxygen atoms in total. The predicted molar refractivity (Wildman–Crippen MR) is 137 cm³/mol. The average Bonchev–Trinajstić information content (AvgIpc) is 2.80. The molecule has 190 valence electrons. The van der Waals surface area contributed by atoms with E-state index < -0.39 is 35.3 Å².